The average molecular weight is 262 g/mol. The summed E-state index contributed by atoms with van der Waals surface area (Å²) in [6.45, 7) is 2.76. The number of nitrogens with zero attached hydrogens (tertiary/aromatic N) is 1. The standard InChI is InChI=1S/C16H26N2O/c17-6-5-10-2-1-7-18(9-10)16(19)15-13-11-3-4-12(8-11)14(13)15/h10-15H,1-9,17H2. The zero-order valence-electron chi connectivity index (χ0n) is 11.8. The van der Waals surface area contributed by atoms with E-state index in [-0.39, 0.29) is 0 Å². The number of amides is 1. The fourth-order valence-corrected chi connectivity index (χ4v) is 5.60. The van der Waals surface area contributed by atoms with Gasteiger partial charge in [0, 0.05) is 19.0 Å². The van der Waals surface area contributed by atoms with Crippen LogP contribution in [0.3, 0.4) is 0 Å². The summed E-state index contributed by atoms with van der Waals surface area (Å²) >= 11 is 0. The highest BCUT2D eigenvalue weighted by molar-refractivity contribution is 5.83. The van der Waals surface area contributed by atoms with Crippen molar-refractivity contribution in [3.8, 4) is 0 Å². The molecule has 2 bridgehead atoms. The van der Waals surface area contributed by atoms with Crippen LogP contribution in [-0.2, 0) is 4.79 Å². The number of likely N-dealkylation sites (tertiary alicyclic amines) is 1. The number of rotatable bonds is 3. The van der Waals surface area contributed by atoms with Crippen LogP contribution in [-0.4, -0.2) is 30.4 Å². The summed E-state index contributed by atoms with van der Waals surface area (Å²) in [5, 5.41) is 0. The minimum Gasteiger partial charge on any atom is -0.342 e. The van der Waals surface area contributed by atoms with Crippen LogP contribution < -0.4 is 5.73 Å². The molecular weight excluding hydrogens is 236 g/mol. The SMILES string of the molecule is NCCC1CCCN(C(=O)C2C3C4CCC(C4)C23)C1. The maximum Gasteiger partial charge on any atom is 0.226 e. The molecule has 0 aromatic carbocycles. The Bertz CT molecular complexity index is 365. The third-order valence-electron chi connectivity index (χ3n) is 6.43. The lowest BCUT2D eigenvalue weighted by Crippen LogP contribution is -2.42. The number of piperidine rings is 1. The Kier molecular flexibility index (Phi) is 2.87. The summed E-state index contributed by atoms with van der Waals surface area (Å²) < 4.78 is 0. The van der Waals surface area contributed by atoms with Crippen molar-refractivity contribution in [3.05, 3.63) is 0 Å². The summed E-state index contributed by atoms with van der Waals surface area (Å²) in [5.41, 5.74) is 5.67. The monoisotopic (exact) mass is 262 g/mol. The van der Waals surface area contributed by atoms with Crippen LogP contribution in [0.25, 0.3) is 0 Å². The van der Waals surface area contributed by atoms with Crippen molar-refractivity contribution in [2.24, 2.45) is 41.2 Å². The largest absolute Gasteiger partial charge is 0.342 e. The number of nitrogens with two attached hydrogens (primary N) is 1. The fraction of sp³-hybridized carbons (Fsp3) is 0.938. The molecule has 1 saturated heterocycles. The molecule has 19 heavy (non-hydrogen) atoms. The van der Waals surface area contributed by atoms with Gasteiger partial charge in [0.05, 0.1) is 0 Å². The van der Waals surface area contributed by atoms with Crippen molar-refractivity contribution in [2.75, 3.05) is 19.6 Å². The summed E-state index contributed by atoms with van der Waals surface area (Å²) in [5.74, 6) is 5.01. The van der Waals surface area contributed by atoms with E-state index < -0.39 is 0 Å². The van der Waals surface area contributed by atoms with Crippen molar-refractivity contribution in [3.63, 3.8) is 0 Å². The van der Waals surface area contributed by atoms with Gasteiger partial charge in [-0.2, -0.15) is 0 Å². The molecule has 0 aromatic heterocycles. The summed E-state index contributed by atoms with van der Waals surface area (Å²) in [7, 11) is 0. The first-order chi connectivity index (χ1) is 9.29. The van der Waals surface area contributed by atoms with Crippen LogP contribution in [0.1, 0.15) is 38.5 Å². The minimum absolute atomic E-state index is 0.433. The van der Waals surface area contributed by atoms with E-state index in [1.807, 2.05) is 0 Å². The van der Waals surface area contributed by atoms with E-state index in [1.165, 1.54) is 32.1 Å². The minimum atomic E-state index is 0.433. The molecule has 3 heteroatoms. The Morgan fingerprint density at radius 3 is 2.58 bits per heavy atom. The lowest BCUT2D eigenvalue weighted by Gasteiger charge is -2.33. The Morgan fingerprint density at radius 1 is 1.16 bits per heavy atom. The molecule has 3 aliphatic carbocycles. The smallest absolute Gasteiger partial charge is 0.226 e. The van der Waals surface area contributed by atoms with Gasteiger partial charge in [0.1, 0.15) is 0 Å². The molecule has 1 aliphatic heterocycles. The molecule has 0 radical (unpaired) electrons. The van der Waals surface area contributed by atoms with E-state index in [0.29, 0.717) is 17.7 Å². The third-order valence-corrected chi connectivity index (χ3v) is 6.43. The molecule has 1 amide bonds. The van der Waals surface area contributed by atoms with Gasteiger partial charge < -0.3 is 10.6 Å². The second kappa shape index (κ2) is 4.47. The topological polar surface area (TPSA) is 46.3 Å². The Labute approximate surface area is 115 Å². The molecule has 4 fully saturated rings. The van der Waals surface area contributed by atoms with Gasteiger partial charge in [-0.05, 0) is 74.7 Å². The summed E-state index contributed by atoms with van der Waals surface area (Å²) in [6.07, 6.45) is 7.80. The van der Waals surface area contributed by atoms with Gasteiger partial charge >= 0.3 is 0 Å². The van der Waals surface area contributed by atoms with Gasteiger partial charge in [-0.25, -0.2) is 0 Å². The van der Waals surface area contributed by atoms with Crippen LogP contribution in [0, 0.1) is 35.5 Å². The summed E-state index contributed by atoms with van der Waals surface area (Å²) in [4.78, 5) is 14.9. The van der Waals surface area contributed by atoms with Crippen LogP contribution in [0.5, 0.6) is 0 Å². The van der Waals surface area contributed by atoms with E-state index in [0.717, 1.165) is 49.7 Å². The quantitative estimate of drug-likeness (QED) is 0.844. The maximum atomic E-state index is 12.7. The van der Waals surface area contributed by atoms with Crippen molar-refractivity contribution < 1.29 is 4.79 Å². The first kappa shape index (κ1) is 12.2. The Balaban J connectivity index is 1.39. The number of carbonyl (C=O) groups is 1. The van der Waals surface area contributed by atoms with E-state index in [9.17, 15) is 4.79 Å². The number of hydrogen-bond donors (Lipinski definition) is 1. The van der Waals surface area contributed by atoms with Gasteiger partial charge in [-0.3, -0.25) is 4.79 Å². The van der Waals surface area contributed by atoms with Gasteiger partial charge in [-0.1, -0.05) is 0 Å². The lowest BCUT2D eigenvalue weighted by atomic mass is 9.93. The van der Waals surface area contributed by atoms with E-state index >= 15 is 0 Å². The van der Waals surface area contributed by atoms with Crippen LogP contribution >= 0.6 is 0 Å². The molecule has 0 aromatic rings. The molecule has 3 saturated carbocycles. The molecule has 0 spiro atoms. The van der Waals surface area contributed by atoms with Crippen LogP contribution in [0.4, 0.5) is 0 Å². The highest BCUT2D eigenvalue weighted by Crippen LogP contribution is 2.69. The van der Waals surface area contributed by atoms with Crippen molar-refractivity contribution in [1.29, 1.82) is 0 Å². The van der Waals surface area contributed by atoms with E-state index in [1.54, 1.807) is 0 Å². The predicted molar refractivity (Wildman–Crippen MR) is 74.3 cm³/mol. The molecule has 106 valence electrons. The second-order valence-electron chi connectivity index (χ2n) is 7.38. The molecule has 4 aliphatic rings. The zero-order valence-corrected chi connectivity index (χ0v) is 11.8. The summed E-state index contributed by atoms with van der Waals surface area (Å²) in [6, 6.07) is 0. The highest BCUT2D eigenvalue weighted by atomic mass is 16.2. The Morgan fingerprint density at radius 2 is 1.89 bits per heavy atom. The van der Waals surface area contributed by atoms with Gasteiger partial charge in [0.15, 0.2) is 0 Å². The van der Waals surface area contributed by atoms with Gasteiger partial charge in [0.2, 0.25) is 5.91 Å². The molecular formula is C16H26N2O. The lowest BCUT2D eigenvalue weighted by molar-refractivity contribution is -0.135. The van der Waals surface area contributed by atoms with Crippen LogP contribution in [0.15, 0.2) is 0 Å². The zero-order chi connectivity index (χ0) is 13.0. The van der Waals surface area contributed by atoms with Crippen molar-refractivity contribution >= 4 is 5.91 Å². The third kappa shape index (κ3) is 1.84. The normalized spacial score (nSPS) is 47.3. The van der Waals surface area contributed by atoms with E-state index in [2.05, 4.69) is 4.90 Å². The molecule has 1 heterocycles. The first-order valence-corrected chi connectivity index (χ1v) is 8.28. The second-order valence-corrected chi connectivity index (χ2v) is 7.38. The predicted octanol–water partition coefficient (Wildman–Crippen LogP) is 1.87. The molecule has 3 nitrogen and oxygen atoms in total. The fourth-order valence-electron chi connectivity index (χ4n) is 5.60. The highest BCUT2D eigenvalue weighted by Gasteiger charge is 2.68. The number of fused-ring (bicyclic) bond motifs is 5. The number of carbonyl (C=O) groups excluding carboxylic acids is 1. The van der Waals surface area contributed by atoms with Gasteiger partial charge in [0.25, 0.3) is 0 Å². The van der Waals surface area contributed by atoms with Crippen molar-refractivity contribution in [2.45, 2.75) is 38.5 Å². The molecule has 5 atom stereocenters. The first-order valence-electron chi connectivity index (χ1n) is 8.28. The average Bonchev–Trinajstić information content (AvgIpc) is 2.86. The molecule has 4 rings (SSSR count). The van der Waals surface area contributed by atoms with Crippen molar-refractivity contribution in [1.82, 2.24) is 4.90 Å². The van der Waals surface area contributed by atoms with E-state index in [4.69, 9.17) is 5.73 Å². The number of hydrogen-bond acceptors (Lipinski definition) is 2. The molecule has 5 unspecified atom stereocenters. The Hall–Kier alpha value is -0.570. The van der Waals surface area contributed by atoms with Crippen LogP contribution in [0.2, 0.25) is 0 Å². The molecule has 2 N–H and O–H groups in total. The van der Waals surface area contributed by atoms with Gasteiger partial charge in [-0.15, -0.1) is 0 Å². The maximum absolute atomic E-state index is 12.7.